The van der Waals surface area contributed by atoms with Gasteiger partial charge < -0.3 is 10.2 Å². The summed E-state index contributed by atoms with van der Waals surface area (Å²) in [5.74, 6) is 5.76. The normalized spacial score (nSPS) is 20.5. The summed E-state index contributed by atoms with van der Waals surface area (Å²) in [7, 11) is 0. The van der Waals surface area contributed by atoms with Crippen molar-refractivity contribution in [1.82, 2.24) is 0 Å². The highest BCUT2D eigenvalue weighted by molar-refractivity contribution is 5.21. The van der Waals surface area contributed by atoms with Crippen molar-refractivity contribution >= 4 is 0 Å². The second-order valence-electron chi connectivity index (χ2n) is 4.58. The van der Waals surface area contributed by atoms with Gasteiger partial charge in [0, 0.05) is 0 Å². The second-order valence-corrected chi connectivity index (χ2v) is 4.58. The molecule has 0 unspecified atom stereocenters. The van der Waals surface area contributed by atoms with Gasteiger partial charge in [-0.05, 0) is 38.5 Å². The van der Waals surface area contributed by atoms with Crippen LogP contribution in [0.5, 0.6) is 0 Å². The summed E-state index contributed by atoms with van der Waals surface area (Å²) in [6.07, 6.45) is 6.02. The highest BCUT2D eigenvalue weighted by Crippen LogP contribution is 2.27. The first-order valence-corrected chi connectivity index (χ1v) is 6.03. The molecule has 1 fully saturated rings. The zero-order valence-electron chi connectivity index (χ0n) is 9.84. The molecule has 2 N–H and O–H groups in total. The van der Waals surface area contributed by atoms with Crippen LogP contribution >= 0.6 is 0 Å². The molecule has 1 aliphatic rings. The Labute approximate surface area is 92.7 Å². The smallest absolute Gasteiger partial charge is 0.125 e. The van der Waals surface area contributed by atoms with Crippen LogP contribution in [0.15, 0.2) is 0 Å². The fourth-order valence-electron chi connectivity index (χ4n) is 1.92. The molecule has 0 atom stereocenters. The molecule has 0 spiro atoms. The number of aliphatic hydroxyl groups is 2. The zero-order chi connectivity index (χ0) is 11.4. The highest BCUT2D eigenvalue weighted by Gasteiger charge is 2.28. The van der Waals surface area contributed by atoms with E-state index in [-0.39, 0.29) is 0 Å². The zero-order valence-corrected chi connectivity index (χ0v) is 9.84. The summed E-state index contributed by atoms with van der Waals surface area (Å²) < 4.78 is 0. The van der Waals surface area contributed by atoms with Crippen LogP contribution in [0.25, 0.3) is 0 Å². The van der Waals surface area contributed by atoms with Gasteiger partial charge in [0.2, 0.25) is 0 Å². The van der Waals surface area contributed by atoms with Gasteiger partial charge in [0.05, 0.1) is 0 Å². The Hall–Kier alpha value is -0.520. The average molecular weight is 210 g/mol. The second kappa shape index (κ2) is 5.01. The van der Waals surface area contributed by atoms with Gasteiger partial charge in [-0.15, -0.1) is 0 Å². The Morgan fingerprint density at radius 2 is 1.67 bits per heavy atom. The van der Waals surface area contributed by atoms with Gasteiger partial charge in [-0.3, -0.25) is 0 Å². The van der Waals surface area contributed by atoms with Crippen LogP contribution in [0, 0.1) is 11.8 Å². The molecule has 0 radical (unpaired) electrons. The van der Waals surface area contributed by atoms with Crippen molar-refractivity contribution in [2.75, 3.05) is 0 Å². The van der Waals surface area contributed by atoms with Crippen LogP contribution < -0.4 is 0 Å². The summed E-state index contributed by atoms with van der Waals surface area (Å²) in [6, 6.07) is 0. The minimum atomic E-state index is -0.910. The lowest BCUT2D eigenvalue weighted by atomic mass is 9.84. The molecule has 1 aliphatic carbocycles. The first-order chi connectivity index (χ1) is 7.04. The van der Waals surface area contributed by atoms with E-state index >= 15 is 0 Å². The molecule has 0 saturated heterocycles. The minimum Gasteiger partial charge on any atom is -0.378 e. The lowest BCUT2D eigenvalue weighted by molar-refractivity contribution is 0.0574. The van der Waals surface area contributed by atoms with E-state index in [2.05, 4.69) is 11.8 Å². The SMILES string of the molecule is CCC(O)(C#CC1(O)CCCCC1)CC. The van der Waals surface area contributed by atoms with Gasteiger partial charge in [0.1, 0.15) is 11.2 Å². The predicted octanol–water partition coefficient (Wildman–Crippen LogP) is 2.24. The van der Waals surface area contributed by atoms with Gasteiger partial charge >= 0.3 is 0 Å². The maximum atomic E-state index is 10.1. The van der Waals surface area contributed by atoms with Gasteiger partial charge in [-0.2, -0.15) is 0 Å². The van der Waals surface area contributed by atoms with Crippen molar-refractivity contribution in [3.05, 3.63) is 0 Å². The van der Waals surface area contributed by atoms with Crippen molar-refractivity contribution in [1.29, 1.82) is 0 Å². The molecule has 15 heavy (non-hydrogen) atoms. The third-order valence-electron chi connectivity index (χ3n) is 3.38. The molecule has 0 bridgehead atoms. The Kier molecular flexibility index (Phi) is 4.19. The third-order valence-corrected chi connectivity index (χ3v) is 3.38. The van der Waals surface area contributed by atoms with Gasteiger partial charge in [-0.1, -0.05) is 32.1 Å². The van der Waals surface area contributed by atoms with Crippen LogP contribution in [0.1, 0.15) is 58.8 Å². The fraction of sp³-hybridized carbons (Fsp3) is 0.846. The summed E-state index contributed by atoms with van der Waals surface area (Å²) in [6.45, 7) is 3.84. The molecule has 1 rings (SSSR count). The molecule has 0 aliphatic heterocycles. The Bertz CT molecular complexity index is 249. The average Bonchev–Trinajstić information content (AvgIpc) is 2.27. The van der Waals surface area contributed by atoms with Crippen molar-refractivity contribution in [3.63, 3.8) is 0 Å². The van der Waals surface area contributed by atoms with E-state index in [4.69, 9.17) is 0 Å². The van der Waals surface area contributed by atoms with E-state index in [1.54, 1.807) is 0 Å². The van der Waals surface area contributed by atoms with E-state index in [9.17, 15) is 10.2 Å². The van der Waals surface area contributed by atoms with Crippen LogP contribution in [0.2, 0.25) is 0 Å². The van der Waals surface area contributed by atoms with Crippen LogP contribution in [-0.4, -0.2) is 21.4 Å². The molecular formula is C13H22O2. The van der Waals surface area contributed by atoms with E-state index in [1.807, 2.05) is 13.8 Å². The summed E-state index contributed by atoms with van der Waals surface area (Å²) in [5, 5.41) is 20.1. The number of rotatable bonds is 2. The van der Waals surface area contributed by atoms with Crippen LogP contribution in [-0.2, 0) is 0 Å². The molecular weight excluding hydrogens is 188 g/mol. The lowest BCUT2D eigenvalue weighted by Gasteiger charge is -2.27. The van der Waals surface area contributed by atoms with Gasteiger partial charge in [-0.25, -0.2) is 0 Å². The standard InChI is InChI=1S/C13H22O2/c1-3-12(14,4-2)10-11-13(15)8-6-5-7-9-13/h14-15H,3-9H2,1-2H3. The summed E-state index contributed by atoms with van der Waals surface area (Å²) >= 11 is 0. The summed E-state index contributed by atoms with van der Waals surface area (Å²) in [5.41, 5.74) is -1.75. The highest BCUT2D eigenvalue weighted by atomic mass is 16.3. The maximum absolute atomic E-state index is 10.1. The molecule has 0 aromatic carbocycles. The topological polar surface area (TPSA) is 40.5 Å². The monoisotopic (exact) mass is 210 g/mol. The van der Waals surface area contributed by atoms with E-state index in [0.717, 1.165) is 25.7 Å². The first kappa shape index (κ1) is 12.5. The van der Waals surface area contributed by atoms with Crippen molar-refractivity contribution < 1.29 is 10.2 Å². The quantitative estimate of drug-likeness (QED) is 0.686. The molecule has 0 amide bonds. The van der Waals surface area contributed by atoms with Gasteiger partial charge in [0.25, 0.3) is 0 Å². The third kappa shape index (κ3) is 3.52. The van der Waals surface area contributed by atoms with Crippen LogP contribution in [0.4, 0.5) is 0 Å². The molecule has 0 heterocycles. The molecule has 2 heteroatoms. The molecule has 0 aromatic rings. The summed E-state index contributed by atoms with van der Waals surface area (Å²) in [4.78, 5) is 0. The molecule has 0 aromatic heterocycles. The largest absolute Gasteiger partial charge is 0.378 e. The lowest BCUT2D eigenvalue weighted by Crippen LogP contribution is -2.31. The van der Waals surface area contributed by atoms with Crippen molar-refractivity contribution in [2.45, 2.75) is 70.0 Å². The van der Waals surface area contributed by atoms with Crippen LogP contribution in [0.3, 0.4) is 0 Å². The fourth-order valence-corrected chi connectivity index (χ4v) is 1.92. The van der Waals surface area contributed by atoms with E-state index in [0.29, 0.717) is 12.8 Å². The van der Waals surface area contributed by atoms with Crippen molar-refractivity contribution in [2.24, 2.45) is 0 Å². The molecule has 1 saturated carbocycles. The molecule has 86 valence electrons. The van der Waals surface area contributed by atoms with E-state index < -0.39 is 11.2 Å². The Morgan fingerprint density at radius 1 is 1.13 bits per heavy atom. The Balaban J connectivity index is 2.69. The number of hydrogen-bond donors (Lipinski definition) is 2. The van der Waals surface area contributed by atoms with Crippen molar-refractivity contribution in [3.8, 4) is 11.8 Å². The predicted molar refractivity (Wildman–Crippen MR) is 61.3 cm³/mol. The maximum Gasteiger partial charge on any atom is 0.125 e. The number of hydrogen-bond acceptors (Lipinski definition) is 2. The molecule has 2 nitrogen and oxygen atoms in total. The van der Waals surface area contributed by atoms with E-state index in [1.165, 1.54) is 6.42 Å². The Morgan fingerprint density at radius 3 is 2.13 bits per heavy atom. The minimum absolute atomic E-state index is 0.618. The first-order valence-electron chi connectivity index (χ1n) is 6.03. The van der Waals surface area contributed by atoms with Gasteiger partial charge in [0.15, 0.2) is 0 Å².